The van der Waals surface area contributed by atoms with Crippen molar-refractivity contribution in [1.82, 2.24) is 9.88 Å². The summed E-state index contributed by atoms with van der Waals surface area (Å²) in [6.45, 7) is -0.679. The number of halogens is 1. The van der Waals surface area contributed by atoms with Crippen LogP contribution >= 0.6 is 22.9 Å². The number of fused-ring (bicyclic) bond motifs is 1. The molecule has 0 aliphatic rings. The molecule has 3 rings (SSSR count). The molecule has 0 fully saturated rings. The van der Waals surface area contributed by atoms with Gasteiger partial charge in [-0.3, -0.25) is 9.59 Å². The van der Waals surface area contributed by atoms with Gasteiger partial charge in [-0.1, -0.05) is 35.9 Å². The van der Waals surface area contributed by atoms with Gasteiger partial charge < -0.3 is 15.0 Å². The zero-order valence-corrected chi connectivity index (χ0v) is 17.6. The van der Waals surface area contributed by atoms with E-state index in [1.165, 1.54) is 30.5 Å². The summed E-state index contributed by atoms with van der Waals surface area (Å²) in [6, 6.07) is 14.4. The SMILES string of the molecule is CN(CC(=O)Nc1ccccc1Cl)C(=O)COC(=O)/C=C/c1nc2ccccc2s1. The average molecular weight is 444 g/mol. The summed E-state index contributed by atoms with van der Waals surface area (Å²) >= 11 is 7.43. The number of esters is 1. The number of carbonyl (C=O) groups is 3. The number of hydrogen-bond acceptors (Lipinski definition) is 6. The van der Waals surface area contributed by atoms with Crippen molar-refractivity contribution in [2.24, 2.45) is 0 Å². The van der Waals surface area contributed by atoms with Gasteiger partial charge in [-0.15, -0.1) is 11.3 Å². The number of amides is 2. The third-order valence-corrected chi connectivity index (χ3v) is 5.30. The summed E-state index contributed by atoms with van der Waals surface area (Å²) in [5.74, 6) is -1.59. The van der Waals surface area contributed by atoms with E-state index in [0.29, 0.717) is 15.7 Å². The highest BCUT2D eigenvalue weighted by Crippen LogP contribution is 2.22. The van der Waals surface area contributed by atoms with Gasteiger partial charge in [0.2, 0.25) is 5.91 Å². The van der Waals surface area contributed by atoms with E-state index in [1.54, 1.807) is 24.3 Å². The molecule has 30 heavy (non-hydrogen) atoms. The first-order valence-corrected chi connectivity index (χ1v) is 10.1. The van der Waals surface area contributed by atoms with Crippen LogP contribution in [0.3, 0.4) is 0 Å². The quantitative estimate of drug-likeness (QED) is 0.445. The van der Waals surface area contributed by atoms with Gasteiger partial charge in [-0.25, -0.2) is 9.78 Å². The highest BCUT2D eigenvalue weighted by atomic mass is 35.5. The molecule has 0 unspecified atom stereocenters. The number of anilines is 1. The summed E-state index contributed by atoms with van der Waals surface area (Å²) in [6.07, 6.45) is 2.76. The van der Waals surface area contributed by atoms with Gasteiger partial charge in [0.1, 0.15) is 5.01 Å². The lowest BCUT2D eigenvalue weighted by Crippen LogP contribution is -2.37. The van der Waals surface area contributed by atoms with E-state index in [4.69, 9.17) is 16.3 Å². The Labute approximate surface area is 181 Å². The average Bonchev–Trinajstić information content (AvgIpc) is 3.15. The third-order valence-electron chi connectivity index (χ3n) is 3.96. The second kappa shape index (κ2) is 10.00. The van der Waals surface area contributed by atoms with Crippen LogP contribution in [-0.4, -0.2) is 47.9 Å². The number of benzene rings is 2. The Hall–Kier alpha value is -3.23. The molecule has 1 N–H and O–H groups in total. The van der Waals surface area contributed by atoms with Crippen molar-refractivity contribution in [3.63, 3.8) is 0 Å². The maximum atomic E-state index is 12.1. The Morgan fingerprint density at radius 1 is 1.17 bits per heavy atom. The van der Waals surface area contributed by atoms with Gasteiger partial charge in [-0.05, 0) is 30.3 Å². The van der Waals surface area contributed by atoms with E-state index in [2.05, 4.69) is 10.3 Å². The standard InChI is InChI=1S/C21H18ClN3O4S/c1-25(12-18(26)23-15-7-3-2-6-14(15)22)20(27)13-29-21(28)11-10-19-24-16-8-4-5-9-17(16)30-19/h2-11H,12-13H2,1H3,(H,23,26)/b11-10+. The molecule has 3 aromatic rings. The van der Waals surface area contributed by atoms with Crippen LogP contribution in [0, 0.1) is 0 Å². The van der Waals surface area contributed by atoms with Crippen LogP contribution in [0.4, 0.5) is 5.69 Å². The largest absolute Gasteiger partial charge is 0.452 e. The number of thiazole rings is 1. The molecule has 1 heterocycles. The molecule has 7 nitrogen and oxygen atoms in total. The van der Waals surface area contributed by atoms with E-state index in [0.717, 1.165) is 15.1 Å². The minimum atomic E-state index is -0.670. The molecule has 2 amide bonds. The number of rotatable bonds is 7. The summed E-state index contributed by atoms with van der Waals surface area (Å²) in [5, 5.41) is 3.68. The third kappa shape index (κ3) is 5.88. The Balaban J connectivity index is 1.45. The number of nitrogens with one attached hydrogen (secondary N) is 1. The number of ether oxygens (including phenoxy) is 1. The Morgan fingerprint density at radius 2 is 1.90 bits per heavy atom. The summed E-state index contributed by atoms with van der Waals surface area (Å²) < 4.78 is 5.96. The van der Waals surface area contributed by atoms with Crippen molar-refractivity contribution >= 4 is 62.7 Å². The maximum absolute atomic E-state index is 12.1. The molecule has 154 valence electrons. The van der Waals surface area contributed by atoms with Gasteiger partial charge in [0.15, 0.2) is 6.61 Å². The molecule has 9 heteroatoms. The molecule has 0 saturated carbocycles. The van der Waals surface area contributed by atoms with Gasteiger partial charge in [0.25, 0.3) is 5.91 Å². The molecule has 2 aromatic carbocycles. The second-order valence-electron chi connectivity index (χ2n) is 6.24. The molecular formula is C21H18ClN3O4S. The van der Waals surface area contributed by atoms with Crippen LogP contribution in [0.5, 0.6) is 0 Å². The number of aromatic nitrogens is 1. The van der Waals surface area contributed by atoms with Crippen molar-refractivity contribution in [3.05, 3.63) is 64.6 Å². The monoisotopic (exact) mass is 443 g/mol. The van der Waals surface area contributed by atoms with Gasteiger partial charge in [0, 0.05) is 13.1 Å². The van der Waals surface area contributed by atoms with Crippen molar-refractivity contribution < 1.29 is 19.1 Å². The van der Waals surface area contributed by atoms with Crippen LogP contribution in [0.25, 0.3) is 16.3 Å². The minimum Gasteiger partial charge on any atom is -0.452 e. The summed E-state index contributed by atoms with van der Waals surface area (Å²) in [5.41, 5.74) is 1.30. The van der Waals surface area contributed by atoms with E-state index >= 15 is 0 Å². The number of nitrogens with zero attached hydrogens (tertiary/aromatic N) is 2. The molecule has 0 spiro atoms. The van der Waals surface area contributed by atoms with Gasteiger partial charge >= 0.3 is 5.97 Å². The molecule has 0 radical (unpaired) electrons. The normalized spacial score (nSPS) is 10.9. The Morgan fingerprint density at radius 3 is 2.67 bits per heavy atom. The number of para-hydroxylation sites is 2. The number of carbonyl (C=O) groups excluding carboxylic acids is 3. The van der Waals surface area contributed by atoms with Crippen molar-refractivity contribution in [3.8, 4) is 0 Å². The van der Waals surface area contributed by atoms with E-state index in [-0.39, 0.29) is 6.54 Å². The maximum Gasteiger partial charge on any atom is 0.331 e. The van der Waals surface area contributed by atoms with Crippen LogP contribution in [0.1, 0.15) is 5.01 Å². The lowest BCUT2D eigenvalue weighted by atomic mass is 10.3. The van der Waals surface area contributed by atoms with Crippen molar-refractivity contribution in [2.75, 3.05) is 25.5 Å². The lowest BCUT2D eigenvalue weighted by Gasteiger charge is -2.16. The first-order valence-electron chi connectivity index (χ1n) is 8.91. The fourth-order valence-electron chi connectivity index (χ4n) is 2.45. The highest BCUT2D eigenvalue weighted by Gasteiger charge is 2.15. The minimum absolute atomic E-state index is 0.205. The number of hydrogen-bond donors (Lipinski definition) is 1. The van der Waals surface area contributed by atoms with Gasteiger partial charge in [-0.2, -0.15) is 0 Å². The van der Waals surface area contributed by atoms with E-state index in [9.17, 15) is 14.4 Å². The molecular weight excluding hydrogens is 426 g/mol. The van der Waals surface area contributed by atoms with E-state index < -0.39 is 24.4 Å². The van der Waals surface area contributed by atoms with Gasteiger partial charge in [0.05, 0.1) is 27.5 Å². The fourth-order valence-corrected chi connectivity index (χ4v) is 3.50. The predicted octanol–water partition coefficient (Wildman–Crippen LogP) is 3.60. The van der Waals surface area contributed by atoms with Crippen LogP contribution in [0.15, 0.2) is 54.6 Å². The fraction of sp³-hybridized carbons (Fsp3) is 0.143. The lowest BCUT2D eigenvalue weighted by molar-refractivity contribution is -0.148. The zero-order valence-electron chi connectivity index (χ0n) is 16.0. The first kappa shape index (κ1) is 21.5. The molecule has 1 aromatic heterocycles. The van der Waals surface area contributed by atoms with Crippen molar-refractivity contribution in [1.29, 1.82) is 0 Å². The highest BCUT2D eigenvalue weighted by molar-refractivity contribution is 7.19. The summed E-state index contributed by atoms with van der Waals surface area (Å²) in [7, 11) is 1.44. The topological polar surface area (TPSA) is 88.6 Å². The van der Waals surface area contributed by atoms with Crippen molar-refractivity contribution in [2.45, 2.75) is 0 Å². The molecule has 0 bridgehead atoms. The molecule has 0 aliphatic carbocycles. The zero-order chi connectivity index (χ0) is 21.5. The Kier molecular flexibility index (Phi) is 7.16. The van der Waals surface area contributed by atoms with Crippen LogP contribution in [0.2, 0.25) is 5.02 Å². The summed E-state index contributed by atoms with van der Waals surface area (Å²) in [4.78, 5) is 41.6. The Bertz CT molecular complexity index is 1080. The molecule has 0 aliphatic heterocycles. The van der Waals surface area contributed by atoms with Crippen LogP contribution < -0.4 is 5.32 Å². The second-order valence-corrected chi connectivity index (χ2v) is 7.71. The number of likely N-dealkylation sites (N-methyl/N-ethyl adjacent to an activating group) is 1. The molecule has 0 atom stereocenters. The smallest absolute Gasteiger partial charge is 0.331 e. The molecule has 0 saturated heterocycles. The van der Waals surface area contributed by atoms with E-state index in [1.807, 2.05) is 24.3 Å². The first-order chi connectivity index (χ1) is 14.4. The predicted molar refractivity (Wildman–Crippen MR) is 117 cm³/mol. The van der Waals surface area contributed by atoms with Crippen LogP contribution in [-0.2, 0) is 19.1 Å².